The van der Waals surface area contributed by atoms with Gasteiger partial charge in [-0.1, -0.05) is 11.2 Å². The van der Waals surface area contributed by atoms with Gasteiger partial charge < -0.3 is 19.8 Å². The van der Waals surface area contributed by atoms with E-state index in [1.807, 2.05) is 0 Å². The van der Waals surface area contributed by atoms with E-state index in [1.54, 1.807) is 0 Å². The fourth-order valence-electron chi connectivity index (χ4n) is 3.72. The number of rotatable bonds is 6. The molecule has 2 fully saturated rings. The summed E-state index contributed by atoms with van der Waals surface area (Å²) in [6.45, 7) is 2.00. The normalized spacial score (nSPS) is 22.4. The zero-order valence-electron chi connectivity index (χ0n) is 15.6. The van der Waals surface area contributed by atoms with Gasteiger partial charge in [-0.25, -0.2) is 8.78 Å². The van der Waals surface area contributed by atoms with E-state index in [0.717, 1.165) is 12.6 Å². The summed E-state index contributed by atoms with van der Waals surface area (Å²) in [4.78, 5) is 26.4. The van der Waals surface area contributed by atoms with Gasteiger partial charge in [0.15, 0.2) is 23.1 Å². The Kier molecular flexibility index (Phi) is 5.31. The molecule has 1 aliphatic carbocycles. The van der Waals surface area contributed by atoms with Crippen LogP contribution in [0.3, 0.4) is 0 Å². The molecular weight excluding hydrogens is 384 g/mol. The molecule has 1 aromatic heterocycles. The molecule has 2 N–H and O–H groups in total. The first-order valence-electron chi connectivity index (χ1n) is 9.59. The predicted octanol–water partition coefficient (Wildman–Crippen LogP) is 2.53. The maximum Gasteiger partial charge on any atom is 0.309 e. The Morgan fingerprint density at radius 2 is 2.07 bits per heavy atom. The van der Waals surface area contributed by atoms with Gasteiger partial charge in [0.05, 0.1) is 11.5 Å². The number of nitrogens with one attached hydrogen (secondary N) is 1. The largest absolute Gasteiger partial charge is 0.481 e. The molecule has 0 radical (unpaired) electrons. The molecule has 4 rings (SSSR count). The van der Waals surface area contributed by atoms with Gasteiger partial charge in [0.2, 0.25) is 0 Å². The molecule has 1 saturated carbocycles. The van der Waals surface area contributed by atoms with Gasteiger partial charge in [0, 0.05) is 31.7 Å². The van der Waals surface area contributed by atoms with Crippen LogP contribution in [0.4, 0.5) is 8.78 Å². The Hall–Kier alpha value is -2.81. The van der Waals surface area contributed by atoms with Crippen LogP contribution in [0.1, 0.15) is 29.8 Å². The first kappa shape index (κ1) is 19.5. The average molecular weight is 405 g/mol. The lowest BCUT2D eigenvalue weighted by Gasteiger charge is -2.36. The van der Waals surface area contributed by atoms with Crippen molar-refractivity contribution in [2.24, 2.45) is 11.8 Å². The van der Waals surface area contributed by atoms with Crippen LogP contribution in [-0.4, -0.2) is 52.7 Å². The van der Waals surface area contributed by atoms with E-state index in [-0.39, 0.29) is 17.0 Å². The first-order chi connectivity index (χ1) is 13.9. The van der Waals surface area contributed by atoms with Crippen LogP contribution >= 0.6 is 0 Å². The third kappa shape index (κ3) is 4.29. The maximum atomic E-state index is 13.9. The van der Waals surface area contributed by atoms with Crippen molar-refractivity contribution in [1.82, 2.24) is 15.4 Å². The lowest BCUT2D eigenvalue weighted by atomic mass is 9.91. The number of carbonyl (C=O) groups is 2. The molecule has 0 unspecified atom stereocenters. The number of likely N-dealkylation sites (tertiary alicyclic amines) is 1. The van der Waals surface area contributed by atoms with Gasteiger partial charge in [0.1, 0.15) is 0 Å². The minimum absolute atomic E-state index is 0.0822. The van der Waals surface area contributed by atoms with Crippen molar-refractivity contribution < 1.29 is 28.0 Å². The lowest BCUT2D eigenvalue weighted by Crippen LogP contribution is -2.53. The molecular formula is C20H21F2N3O4. The van der Waals surface area contributed by atoms with Crippen LogP contribution in [0.5, 0.6) is 0 Å². The van der Waals surface area contributed by atoms with E-state index in [2.05, 4.69) is 15.4 Å². The molecule has 7 nitrogen and oxygen atoms in total. The molecule has 2 atom stereocenters. The van der Waals surface area contributed by atoms with Crippen LogP contribution in [-0.2, 0) is 4.79 Å². The van der Waals surface area contributed by atoms with E-state index in [0.29, 0.717) is 25.4 Å². The van der Waals surface area contributed by atoms with Gasteiger partial charge in [-0.05, 0) is 37.3 Å². The highest BCUT2D eigenvalue weighted by Gasteiger charge is 2.37. The van der Waals surface area contributed by atoms with Crippen LogP contribution in [0.2, 0.25) is 0 Å². The summed E-state index contributed by atoms with van der Waals surface area (Å²) in [6.07, 6.45) is 2.89. The van der Waals surface area contributed by atoms with Crippen molar-refractivity contribution in [3.05, 3.63) is 41.6 Å². The number of aromatic nitrogens is 1. The zero-order valence-corrected chi connectivity index (χ0v) is 15.6. The van der Waals surface area contributed by atoms with E-state index in [1.165, 1.54) is 31.0 Å². The number of carboxylic acids is 1. The van der Waals surface area contributed by atoms with Crippen LogP contribution < -0.4 is 5.32 Å². The molecule has 2 aliphatic rings. The van der Waals surface area contributed by atoms with Gasteiger partial charge in [0.25, 0.3) is 5.91 Å². The standard InChI is InChI=1S/C20H21F2N3O4/c21-14-3-1-2-12(18(14)22)17-8-16(24-29-17)19(26)23-15-6-7-25(9-11-4-5-11)10-13(15)20(27)28/h1-3,8,11,13,15H,4-7,9-10H2,(H,23,26)(H,27,28)/t13-,15-/m0/s1. The number of aliphatic carboxylic acids is 1. The molecule has 0 bridgehead atoms. The second-order valence-corrected chi connectivity index (χ2v) is 7.69. The van der Waals surface area contributed by atoms with Crippen molar-refractivity contribution >= 4 is 11.9 Å². The number of halogens is 2. The Morgan fingerprint density at radius 1 is 1.28 bits per heavy atom. The van der Waals surface area contributed by atoms with Crippen LogP contribution in [0, 0.1) is 23.5 Å². The van der Waals surface area contributed by atoms with E-state index < -0.39 is 35.5 Å². The predicted molar refractivity (Wildman–Crippen MR) is 98.0 cm³/mol. The highest BCUT2D eigenvalue weighted by Crippen LogP contribution is 2.31. The fourth-order valence-corrected chi connectivity index (χ4v) is 3.72. The number of benzene rings is 1. The third-order valence-corrected chi connectivity index (χ3v) is 5.50. The number of amides is 1. The van der Waals surface area contributed by atoms with E-state index in [9.17, 15) is 23.5 Å². The molecule has 29 heavy (non-hydrogen) atoms. The topological polar surface area (TPSA) is 95.7 Å². The van der Waals surface area contributed by atoms with Gasteiger partial charge in [-0.2, -0.15) is 0 Å². The average Bonchev–Trinajstić information content (AvgIpc) is 3.37. The molecule has 2 aromatic rings. The number of piperidine rings is 1. The SMILES string of the molecule is O=C(N[C@H]1CCN(CC2CC2)C[C@@H]1C(=O)O)c1cc(-c2cccc(F)c2F)on1. The summed E-state index contributed by atoms with van der Waals surface area (Å²) in [7, 11) is 0. The molecule has 9 heteroatoms. The van der Waals surface area contributed by atoms with E-state index >= 15 is 0 Å². The molecule has 154 valence electrons. The van der Waals surface area contributed by atoms with Crippen molar-refractivity contribution in [2.45, 2.75) is 25.3 Å². The molecule has 0 spiro atoms. The Balaban J connectivity index is 1.44. The van der Waals surface area contributed by atoms with Crippen LogP contribution in [0.25, 0.3) is 11.3 Å². The quantitative estimate of drug-likeness (QED) is 0.767. The summed E-state index contributed by atoms with van der Waals surface area (Å²) in [5, 5.41) is 15.9. The molecule has 2 heterocycles. The molecule has 1 aliphatic heterocycles. The van der Waals surface area contributed by atoms with Crippen molar-refractivity contribution in [3.63, 3.8) is 0 Å². The number of carboxylic acid groups (broad SMARTS) is 1. The Morgan fingerprint density at radius 3 is 2.79 bits per heavy atom. The maximum absolute atomic E-state index is 13.9. The fraction of sp³-hybridized carbons (Fsp3) is 0.450. The van der Waals surface area contributed by atoms with Crippen molar-refractivity contribution in [1.29, 1.82) is 0 Å². The lowest BCUT2D eigenvalue weighted by molar-refractivity contribution is -0.144. The minimum Gasteiger partial charge on any atom is -0.481 e. The summed E-state index contributed by atoms with van der Waals surface area (Å²) >= 11 is 0. The molecule has 1 aromatic carbocycles. The van der Waals surface area contributed by atoms with Crippen molar-refractivity contribution in [2.75, 3.05) is 19.6 Å². The summed E-state index contributed by atoms with van der Waals surface area (Å²) < 4.78 is 32.3. The Labute approximate surface area is 165 Å². The summed E-state index contributed by atoms with van der Waals surface area (Å²) in [6, 6.07) is 4.29. The molecule has 1 amide bonds. The van der Waals surface area contributed by atoms with Crippen molar-refractivity contribution in [3.8, 4) is 11.3 Å². The van der Waals surface area contributed by atoms with Gasteiger partial charge >= 0.3 is 5.97 Å². The second kappa shape index (κ2) is 7.90. The number of carbonyl (C=O) groups excluding carboxylic acids is 1. The number of hydrogen-bond donors (Lipinski definition) is 2. The minimum atomic E-state index is -1.09. The highest BCUT2D eigenvalue weighted by atomic mass is 19.2. The molecule has 1 saturated heterocycles. The summed E-state index contributed by atoms with van der Waals surface area (Å²) in [5.74, 6) is -3.84. The van der Waals surface area contributed by atoms with Crippen LogP contribution in [0.15, 0.2) is 28.8 Å². The monoisotopic (exact) mass is 405 g/mol. The van der Waals surface area contributed by atoms with E-state index in [4.69, 9.17) is 4.52 Å². The first-order valence-corrected chi connectivity index (χ1v) is 9.59. The highest BCUT2D eigenvalue weighted by molar-refractivity contribution is 5.93. The third-order valence-electron chi connectivity index (χ3n) is 5.50. The zero-order chi connectivity index (χ0) is 20.5. The van der Waals surface area contributed by atoms with Gasteiger partial charge in [-0.15, -0.1) is 0 Å². The summed E-state index contributed by atoms with van der Waals surface area (Å²) in [5.41, 5.74) is -0.262. The van der Waals surface area contributed by atoms with Gasteiger partial charge in [-0.3, -0.25) is 9.59 Å². The Bertz CT molecular complexity index is 928. The number of hydrogen-bond acceptors (Lipinski definition) is 5. The number of nitrogens with zero attached hydrogens (tertiary/aromatic N) is 2. The second-order valence-electron chi connectivity index (χ2n) is 7.69. The smallest absolute Gasteiger partial charge is 0.309 e.